The summed E-state index contributed by atoms with van der Waals surface area (Å²) in [5, 5.41) is 1.69. The predicted octanol–water partition coefficient (Wildman–Crippen LogP) is 1.44. The minimum Gasteiger partial charge on any atom is -0.269 e. The molecule has 1 aromatic carbocycles. The fourth-order valence-corrected chi connectivity index (χ4v) is 1.32. The van der Waals surface area contributed by atoms with Gasteiger partial charge in [-0.2, -0.15) is 0 Å². The van der Waals surface area contributed by atoms with Crippen molar-refractivity contribution < 1.29 is 0 Å². The van der Waals surface area contributed by atoms with E-state index in [2.05, 4.69) is 10.5 Å². The summed E-state index contributed by atoms with van der Waals surface area (Å²) in [6.07, 6.45) is 1.73. The summed E-state index contributed by atoms with van der Waals surface area (Å²) < 4.78 is 1.85. The molecule has 0 aliphatic rings. The maximum absolute atomic E-state index is 4.71. The van der Waals surface area contributed by atoms with Crippen molar-refractivity contribution in [2.75, 3.05) is 12.1 Å². The fraction of sp³-hybridized carbons (Fsp3) is 0.111. The van der Waals surface area contributed by atoms with Gasteiger partial charge in [-0.05, 0) is 12.1 Å². The van der Waals surface area contributed by atoms with E-state index in [9.17, 15) is 0 Å². The number of hydrogen-bond donors (Lipinski definition) is 0. The molecule has 0 saturated carbocycles. The normalized spacial score (nSPS) is 10.2. The number of aromatic nitrogens is 2. The van der Waals surface area contributed by atoms with Crippen LogP contribution in [0.5, 0.6) is 0 Å². The fourth-order valence-electron chi connectivity index (χ4n) is 1.23. The number of fused-ring (bicyclic) bond motifs is 1. The molecule has 1 heterocycles. The van der Waals surface area contributed by atoms with Gasteiger partial charge in [0.2, 0.25) is 0 Å². The van der Waals surface area contributed by atoms with E-state index in [4.69, 9.17) is 12.2 Å². The second-order valence-electron chi connectivity index (χ2n) is 2.69. The monoisotopic (exact) mass is 190 g/mol. The van der Waals surface area contributed by atoms with Crippen molar-refractivity contribution in [1.29, 1.82) is 0 Å². The van der Waals surface area contributed by atoms with Crippen LogP contribution in [0.25, 0.3) is 11.0 Å². The number of thiocarbonyl (C=S) groups is 1. The van der Waals surface area contributed by atoms with E-state index in [0.29, 0.717) is 0 Å². The summed E-state index contributed by atoms with van der Waals surface area (Å²) in [7, 11) is 1.83. The molecule has 1 radical (unpaired) electrons. The number of benzene rings is 1. The number of hydrogen-bond acceptors (Lipinski definition) is 2. The molecule has 0 unspecified atom stereocenters. The molecule has 0 atom stereocenters. The number of nitrogens with zero attached hydrogens (tertiary/aromatic N) is 3. The van der Waals surface area contributed by atoms with Crippen molar-refractivity contribution >= 4 is 28.7 Å². The Labute approximate surface area is 81.6 Å². The molecule has 1 aromatic heterocycles. The van der Waals surface area contributed by atoms with Crippen LogP contribution in [-0.2, 0) is 0 Å². The van der Waals surface area contributed by atoms with Crippen molar-refractivity contribution in [3.63, 3.8) is 0 Å². The average Bonchev–Trinajstić information content (AvgIpc) is 2.60. The highest BCUT2D eigenvalue weighted by Gasteiger charge is 2.02. The topological polar surface area (TPSA) is 21.1 Å². The molecule has 0 saturated heterocycles. The van der Waals surface area contributed by atoms with Gasteiger partial charge < -0.3 is 0 Å². The van der Waals surface area contributed by atoms with Gasteiger partial charge >= 0.3 is 0 Å². The Bertz CT molecular complexity index is 435. The molecular weight excluding hydrogens is 182 g/mol. The first-order valence-electron chi connectivity index (χ1n) is 3.87. The molecule has 2 aromatic rings. The second kappa shape index (κ2) is 3.14. The van der Waals surface area contributed by atoms with E-state index in [0.717, 1.165) is 11.0 Å². The molecule has 0 spiro atoms. The standard InChI is InChI=1S/C9H8N3S/c1-11(7-13)12-6-10-8-4-2-3-5-9(8)12/h2-6H,1H3. The smallest absolute Gasteiger partial charge is 0.157 e. The van der Waals surface area contributed by atoms with E-state index in [-0.39, 0.29) is 0 Å². The Morgan fingerprint density at radius 3 is 3.00 bits per heavy atom. The van der Waals surface area contributed by atoms with Crippen molar-refractivity contribution in [1.82, 2.24) is 9.66 Å². The molecule has 0 amide bonds. The Kier molecular flexibility index (Phi) is 1.98. The number of rotatable bonds is 2. The Morgan fingerprint density at radius 1 is 1.46 bits per heavy atom. The quantitative estimate of drug-likeness (QED) is 0.528. The first-order valence-corrected chi connectivity index (χ1v) is 4.27. The van der Waals surface area contributed by atoms with Crippen LogP contribution < -0.4 is 5.01 Å². The molecule has 0 N–H and O–H groups in total. The minimum atomic E-state index is 0.958. The largest absolute Gasteiger partial charge is 0.269 e. The SMILES string of the molecule is CN([C]=S)n1cnc2ccccc21. The van der Waals surface area contributed by atoms with Gasteiger partial charge in [-0.3, -0.25) is 5.01 Å². The van der Waals surface area contributed by atoms with Gasteiger partial charge in [0.25, 0.3) is 0 Å². The van der Waals surface area contributed by atoms with Gasteiger partial charge in [-0.15, -0.1) is 0 Å². The zero-order valence-electron chi connectivity index (χ0n) is 7.14. The lowest BCUT2D eigenvalue weighted by atomic mass is 10.3. The summed E-state index contributed by atoms with van der Waals surface area (Å²) in [4.78, 5) is 4.22. The minimum absolute atomic E-state index is 0.958. The third-order valence-corrected chi connectivity index (χ3v) is 2.15. The van der Waals surface area contributed by atoms with Gasteiger partial charge in [-0.1, -0.05) is 24.4 Å². The first-order chi connectivity index (χ1) is 6.33. The Morgan fingerprint density at radius 2 is 2.23 bits per heavy atom. The van der Waals surface area contributed by atoms with Gasteiger partial charge in [0, 0.05) is 7.05 Å². The molecule has 4 heteroatoms. The number of imidazole rings is 1. The van der Waals surface area contributed by atoms with Crippen molar-refractivity contribution in [2.24, 2.45) is 0 Å². The lowest BCUT2D eigenvalue weighted by molar-refractivity contribution is 0.840. The maximum Gasteiger partial charge on any atom is 0.157 e. The van der Waals surface area contributed by atoms with E-state index in [1.807, 2.05) is 36.0 Å². The summed E-state index contributed by atoms with van der Waals surface area (Å²) in [6, 6.07) is 7.88. The molecule has 0 aliphatic carbocycles. The van der Waals surface area contributed by atoms with Crippen LogP contribution in [0.2, 0.25) is 0 Å². The molecule has 0 aliphatic heterocycles. The van der Waals surface area contributed by atoms with Crippen molar-refractivity contribution in [2.45, 2.75) is 0 Å². The lowest BCUT2D eigenvalue weighted by Crippen LogP contribution is -2.26. The Hall–Kier alpha value is -1.42. The number of para-hydroxylation sites is 2. The molecule has 0 bridgehead atoms. The van der Waals surface area contributed by atoms with E-state index in [1.165, 1.54) is 0 Å². The van der Waals surface area contributed by atoms with Crippen molar-refractivity contribution in [3.05, 3.63) is 30.6 Å². The van der Waals surface area contributed by atoms with E-state index >= 15 is 0 Å². The molecule has 0 fully saturated rings. The van der Waals surface area contributed by atoms with Gasteiger partial charge in [0.15, 0.2) is 5.49 Å². The molecule has 13 heavy (non-hydrogen) atoms. The highest BCUT2D eigenvalue weighted by atomic mass is 32.1. The predicted molar refractivity (Wildman–Crippen MR) is 56.5 cm³/mol. The van der Waals surface area contributed by atoms with Gasteiger partial charge in [0.1, 0.15) is 6.33 Å². The maximum atomic E-state index is 4.71. The molecule has 65 valence electrons. The van der Waals surface area contributed by atoms with E-state index < -0.39 is 0 Å². The summed E-state index contributed by atoms with van der Waals surface area (Å²) in [6.45, 7) is 0. The van der Waals surface area contributed by atoms with Gasteiger partial charge in [0.05, 0.1) is 11.0 Å². The van der Waals surface area contributed by atoms with Crippen LogP contribution in [0.1, 0.15) is 0 Å². The van der Waals surface area contributed by atoms with Crippen molar-refractivity contribution in [3.8, 4) is 0 Å². The molecular formula is C9H8N3S. The zero-order chi connectivity index (χ0) is 9.26. The van der Waals surface area contributed by atoms with Crippen LogP contribution >= 0.6 is 12.2 Å². The highest BCUT2D eigenvalue weighted by molar-refractivity contribution is 7.79. The summed E-state index contributed by atoms with van der Waals surface area (Å²) >= 11 is 4.71. The third kappa shape index (κ3) is 1.29. The average molecular weight is 190 g/mol. The van der Waals surface area contributed by atoms with E-state index in [1.54, 1.807) is 11.3 Å². The van der Waals surface area contributed by atoms with Crippen LogP contribution in [0.3, 0.4) is 0 Å². The summed E-state index contributed by atoms with van der Waals surface area (Å²) in [5.74, 6) is 0. The molecule has 2 rings (SSSR count). The molecule has 3 nitrogen and oxygen atoms in total. The van der Waals surface area contributed by atoms with Crippen LogP contribution in [0.15, 0.2) is 30.6 Å². The Balaban J connectivity index is 2.64. The zero-order valence-corrected chi connectivity index (χ0v) is 7.95. The van der Waals surface area contributed by atoms with Crippen LogP contribution in [0.4, 0.5) is 0 Å². The lowest BCUT2D eigenvalue weighted by Gasteiger charge is -2.12. The van der Waals surface area contributed by atoms with Crippen LogP contribution in [0, 0.1) is 0 Å². The summed E-state index contributed by atoms with van der Waals surface area (Å²) in [5.41, 5.74) is 4.59. The second-order valence-corrected chi connectivity index (χ2v) is 2.88. The third-order valence-electron chi connectivity index (χ3n) is 1.89. The highest BCUT2D eigenvalue weighted by Crippen LogP contribution is 2.10. The van der Waals surface area contributed by atoms with Gasteiger partial charge in [-0.25, -0.2) is 9.66 Å². The van der Waals surface area contributed by atoms with Crippen LogP contribution in [-0.4, -0.2) is 22.2 Å². The first kappa shape index (κ1) is 8.19.